The molecule has 0 bridgehead atoms. The third-order valence-electron chi connectivity index (χ3n) is 4.38. The molecule has 142 valence electrons. The van der Waals surface area contributed by atoms with Gasteiger partial charge in [0.2, 0.25) is 0 Å². The monoisotopic (exact) mass is 396 g/mol. The quantitative estimate of drug-likeness (QED) is 0.510. The van der Waals surface area contributed by atoms with Crippen LogP contribution in [0.3, 0.4) is 0 Å². The van der Waals surface area contributed by atoms with E-state index < -0.39 is 10.0 Å². The molecule has 4 aromatic rings. The van der Waals surface area contributed by atoms with Gasteiger partial charge in [-0.05, 0) is 60.7 Å². The average Bonchev–Trinajstić information content (AvgIpc) is 3.11. The molecule has 3 aromatic carbocycles. The van der Waals surface area contributed by atoms with Crippen molar-refractivity contribution in [2.75, 3.05) is 11.8 Å². The predicted molar refractivity (Wildman–Crippen MR) is 107 cm³/mol. The van der Waals surface area contributed by atoms with Gasteiger partial charge in [-0.3, -0.25) is 4.72 Å². The maximum Gasteiger partial charge on any atom is 0.261 e. The van der Waals surface area contributed by atoms with E-state index in [1.165, 1.54) is 31.4 Å². The van der Waals surface area contributed by atoms with Crippen LogP contribution in [0.25, 0.3) is 22.2 Å². The molecule has 1 aromatic heterocycles. The van der Waals surface area contributed by atoms with E-state index in [0.29, 0.717) is 11.4 Å². The Hall–Kier alpha value is -3.32. The van der Waals surface area contributed by atoms with Gasteiger partial charge in [0, 0.05) is 27.8 Å². The highest BCUT2D eigenvalue weighted by Crippen LogP contribution is 2.27. The van der Waals surface area contributed by atoms with Crippen LogP contribution < -0.4 is 9.46 Å². The summed E-state index contributed by atoms with van der Waals surface area (Å²) in [4.78, 5) is 3.35. The van der Waals surface area contributed by atoms with Gasteiger partial charge < -0.3 is 9.72 Å². The summed E-state index contributed by atoms with van der Waals surface area (Å²) in [6.45, 7) is 0. The summed E-state index contributed by atoms with van der Waals surface area (Å²) < 4.78 is 46.3. The number of H-pyrrole nitrogens is 1. The summed E-state index contributed by atoms with van der Waals surface area (Å²) in [5, 5.41) is 0.749. The molecule has 2 N–H and O–H groups in total. The summed E-state index contributed by atoms with van der Waals surface area (Å²) >= 11 is 0. The fourth-order valence-electron chi connectivity index (χ4n) is 2.98. The Kier molecular flexibility index (Phi) is 4.52. The normalized spacial score (nSPS) is 11.5. The zero-order chi connectivity index (χ0) is 19.7. The lowest BCUT2D eigenvalue weighted by molar-refractivity contribution is 0.414. The van der Waals surface area contributed by atoms with Crippen molar-refractivity contribution in [2.45, 2.75) is 4.90 Å². The third kappa shape index (κ3) is 3.57. The van der Waals surface area contributed by atoms with Crippen LogP contribution in [0.5, 0.6) is 5.75 Å². The lowest BCUT2D eigenvalue weighted by Crippen LogP contribution is -2.12. The first kappa shape index (κ1) is 18.1. The van der Waals surface area contributed by atoms with E-state index in [-0.39, 0.29) is 10.7 Å². The second-order valence-electron chi connectivity index (χ2n) is 6.28. The molecule has 0 aliphatic rings. The number of halogens is 1. The molecule has 0 radical (unpaired) electrons. The predicted octanol–water partition coefficient (Wildman–Crippen LogP) is 4.78. The van der Waals surface area contributed by atoms with Gasteiger partial charge in [0.05, 0.1) is 12.0 Å². The van der Waals surface area contributed by atoms with E-state index in [0.717, 1.165) is 22.2 Å². The lowest BCUT2D eigenvalue weighted by Gasteiger charge is -2.10. The number of aromatic amines is 1. The number of benzene rings is 3. The van der Waals surface area contributed by atoms with Crippen LogP contribution in [0.1, 0.15) is 0 Å². The Morgan fingerprint density at radius 1 is 0.964 bits per heavy atom. The molecule has 7 heteroatoms. The summed E-state index contributed by atoms with van der Waals surface area (Å²) in [5.41, 5.74) is 2.79. The molecule has 0 spiro atoms. The molecule has 0 aliphatic carbocycles. The van der Waals surface area contributed by atoms with Gasteiger partial charge in [-0.25, -0.2) is 12.8 Å². The number of sulfonamides is 1. The standard InChI is InChI=1S/C21H17FN2O3S/c1-27-18-6-8-19(9-7-18)28(25,26)24-17-4-2-3-14(12-17)21-13-15-11-16(22)5-10-20(15)23-21/h2-13,23-24H,1H3. The number of methoxy groups -OCH3 is 1. The molecule has 0 atom stereocenters. The second kappa shape index (κ2) is 7.01. The van der Waals surface area contributed by atoms with Crippen molar-refractivity contribution < 1.29 is 17.5 Å². The number of ether oxygens (including phenoxy) is 1. The van der Waals surface area contributed by atoms with Crippen LogP contribution in [0.4, 0.5) is 10.1 Å². The Labute approximate surface area is 161 Å². The van der Waals surface area contributed by atoms with Crippen LogP contribution in [0.15, 0.2) is 77.7 Å². The molecule has 5 nitrogen and oxygen atoms in total. The summed E-state index contributed by atoms with van der Waals surface area (Å²) in [7, 11) is -2.21. The largest absolute Gasteiger partial charge is 0.497 e. The Bertz CT molecular complexity index is 1250. The van der Waals surface area contributed by atoms with Crippen molar-refractivity contribution in [3.05, 3.63) is 78.6 Å². The Balaban J connectivity index is 1.64. The maximum atomic E-state index is 13.4. The van der Waals surface area contributed by atoms with Gasteiger partial charge in [0.1, 0.15) is 11.6 Å². The zero-order valence-electron chi connectivity index (χ0n) is 14.9. The van der Waals surface area contributed by atoms with E-state index >= 15 is 0 Å². The molecule has 4 rings (SSSR count). The first-order valence-electron chi connectivity index (χ1n) is 8.50. The number of hydrogen-bond donors (Lipinski definition) is 2. The molecule has 0 fully saturated rings. The molecule has 0 saturated carbocycles. The summed E-state index contributed by atoms with van der Waals surface area (Å²) in [6.07, 6.45) is 0. The van der Waals surface area contributed by atoms with Crippen molar-refractivity contribution in [1.82, 2.24) is 4.98 Å². The van der Waals surface area contributed by atoms with Gasteiger partial charge in [0.25, 0.3) is 10.0 Å². The zero-order valence-corrected chi connectivity index (χ0v) is 15.8. The van der Waals surface area contributed by atoms with E-state index in [4.69, 9.17) is 4.74 Å². The smallest absolute Gasteiger partial charge is 0.261 e. The van der Waals surface area contributed by atoms with E-state index in [1.807, 2.05) is 12.1 Å². The fraction of sp³-hybridized carbons (Fsp3) is 0.0476. The van der Waals surface area contributed by atoms with Crippen LogP contribution in [-0.4, -0.2) is 20.5 Å². The fourth-order valence-corrected chi connectivity index (χ4v) is 4.03. The van der Waals surface area contributed by atoms with Crippen LogP contribution >= 0.6 is 0 Å². The van der Waals surface area contributed by atoms with Gasteiger partial charge in [-0.15, -0.1) is 0 Å². The lowest BCUT2D eigenvalue weighted by atomic mass is 10.1. The summed E-state index contributed by atoms with van der Waals surface area (Å²) in [6, 6.07) is 19.5. The molecule has 0 amide bonds. The van der Waals surface area contributed by atoms with Gasteiger partial charge in [-0.2, -0.15) is 0 Å². The Morgan fingerprint density at radius 2 is 1.75 bits per heavy atom. The Morgan fingerprint density at radius 3 is 2.50 bits per heavy atom. The first-order valence-corrected chi connectivity index (χ1v) is 9.98. The number of nitrogens with one attached hydrogen (secondary N) is 2. The van der Waals surface area contributed by atoms with Crippen molar-refractivity contribution in [3.8, 4) is 17.0 Å². The van der Waals surface area contributed by atoms with Crippen LogP contribution in [0.2, 0.25) is 0 Å². The topological polar surface area (TPSA) is 71.2 Å². The minimum absolute atomic E-state index is 0.139. The van der Waals surface area contributed by atoms with E-state index in [2.05, 4.69) is 9.71 Å². The molecular formula is C21H17FN2O3S. The highest BCUT2D eigenvalue weighted by Gasteiger charge is 2.15. The summed E-state index contributed by atoms with van der Waals surface area (Å²) in [5.74, 6) is 0.273. The second-order valence-corrected chi connectivity index (χ2v) is 7.96. The number of anilines is 1. The molecule has 0 aliphatic heterocycles. The molecule has 28 heavy (non-hydrogen) atoms. The van der Waals surface area contributed by atoms with Gasteiger partial charge in [-0.1, -0.05) is 12.1 Å². The highest BCUT2D eigenvalue weighted by atomic mass is 32.2. The molecular weight excluding hydrogens is 379 g/mol. The maximum absolute atomic E-state index is 13.4. The van der Waals surface area contributed by atoms with Gasteiger partial charge in [0.15, 0.2) is 0 Å². The minimum atomic E-state index is -3.73. The highest BCUT2D eigenvalue weighted by molar-refractivity contribution is 7.92. The first-order chi connectivity index (χ1) is 13.4. The average molecular weight is 396 g/mol. The van der Waals surface area contributed by atoms with Crippen LogP contribution in [0, 0.1) is 5.82 Å². The number of rotatable bonds is 5. The molecule has 0 saturated heterocycles. The van der Waals surface area contributed by atoms with Crippen molar-refractivity contribution in [3.63, 3.8) is 0 Å². The number of fused-ring (bicyclic) bond motifs is 1. The van der Waals surface area contributed by atoms with Crippen molar-refractivity contribution in [2.24, 2.45) is 0 Å². The van der Waals surface area contributed by atoms with Crippen molar-refractivity contribution in [1.29, 1.82) is 0 Å². The third-order valence-corrected chi connectivity index (χ3v) is 5.78. The van der Waals surface area contributed by atoms with Crippen LogP contribution in [-0.2, 0) is 10.0 Å². The number of aromatic nitrogens is 1. The number of hydrogen-bond acceptors (Lipinski definition) is 3. The molecule has 1 heterocycles. The van der Waals surface area contributed by atoms with E-state index in [1.54, 1.807) is 36.4 Å². The molecule has 0 unspecified atom stereocenters. The van der Waals surface area contributed by atoms with Gasteiger partial charge >= 0.3 is 0 Å². The van der Waals surface area contributed by atoms with E-state index in [9.17, 15) is 12.8 Å². The minimum Gasteiger partial charge on any atom is -0.497 e. The van der Waals surface area contributed by atoms with Crippen molar-refractivity contribution >= 4 is 26.6 Å². The SMILES string of the molecule is COc1ccc(S(=O)(=O)Nc2cccc(-c3cc4cc(F)ccc4[nH]3)c2)cc1.